The zero-order valence-electron chi connectivity index (χ0n) is 13.4. The lowest BCUT2D eigenvalue weighted by atomic mass is 9.80. The van der Waals surface area contributed by atoms with Gasteiger partial charge in [0, 0.05) is 15.7 Å². The van der Waals surface area contributed by atoms with Gasteiger partial charge in [-0.15, -0.1) is 0 Å². The molecule has 0 aromatic heterocycles. The number of halogens is 1. The molecule has 2 bridgehead atoms. The maximum Gasteiger partial charge on any atom is 0.236 e. The van der Waals surface area contributed by atoms with E-state index in [2.05, 4.69) is 31.9 Å². The molecule has 2 aromatic rings. The second-order valence-corrected chi connectivity index (χ2v) is 7.62. The molecule has 3 unspecified atom stereocenters. The number of anilines is 1. The van der Waals surface area contributed by atoms with Crippen molar-refractivity contribution in [2.75, 3.05) is 5.32 Å². The number of hydrogen-bond acceptors (Lipinski definition) is 3. The molecule has 3 N–H and O–H groups in total. The average molecular weight is 418 g/mol. The van der Waals surface area contributed by atoms with Gasteiger partial charge in [-0.1, -0.05) is 34.1 Å². The van der Waals surface area contributed by atoms with Crippen molar-refractivity contribution < 1.29 is 9.53 Å². The first-order valence-electron chi connectivity index (χ1n) is 7.89. The maximum absolute atomic E-state index is 13.1. The van der Waals surface area contributed by atoms with E-state index < -0.39 is 11.6 Å². The summed E-state index contributed by atoms with van der Waals surface area (Å²) >= 11 is 8.80. The van der Waals surface area contributed by atoms with Crippen molar-refractivity contribution in [1.29, 1.82) is 0 Å². The molecule has 2 aromatic carbocycles. The summed E-state index contributed by atoms with van der Waals surface area (Å²) in [7, 11) is 0. The predicted molar refractivity (Wildman–Crippen MR) is 103 cm³/mol. The highest BCUT2D eigenvalue weighted by atomic mass is 79.9. The van der Waals surface area contributed by atoms with Crippen LogP contribution in [0.5, 0.6) is 5.75 Å². The molecule has 7 heteroatoms. The highest BCUT2D eigenvalue weighted by Gasteiger charge is 2.54. The molecule has 1 amide bonds. The molecule has 2 aliphatic rings. The fourth-order valence-electron chi connectivity index (χ4n) is 3.45. The first-order valence-corrected chi connectivity index (χ1v) is 9.09. The Hall–Kier alpha value is -2.12. The lowest BCUT2D eigenvalue weighted by Gasteiger charge is -2.50. The van der Waals surface area contributed by atoms with Crippen LogP contribution in [-0.2, 0) is 4.79 Å². The van der Waals surface area contributed by atoms with Crippen molar-refractivity contribution in [2.24, 2.45) is 5.92 Å². The Morgan fingerprint density at radius 2 is 2.04 bits per heavy atom. The summed E-state index contributed by atoms with van der Waals surface area (Å²) in [6.07, 6.45) is 0. The number of carbonyl (C=O) groups excluding carboxylic acids is 1. The number of nitrogens with one attached hydrogen (secondary N) is 3. The molecule has 4 rings (SSSR count). The van der Waals surface area contributed by atoms with Gasteiger partial charge in [-0.05, 0) is 49.5 Å². The van der Waals surface area contributed by atoms with E-state index in [4.69, 9.17) is 17.0 Å². The normalized spacial score (nSPS) is 26.6. The first-order chi connectivity index (χ1) is 12.0. The average Bonchev–Trinajstić information content (AvgIpc) is 2.55. The number of thiocarbonyl (C=S) groups is 1. The van der Waals surface area contributed by atoms with Gasteiger partial charge in [0.05, 0.1) is 6.04 Å². The van der Waals surface area contributed by atoms with E-state index in [9.17, 15) is 4.79 Å². The van der Waals surface area contributed by atoms with Crippen molar-refractivity contribution in [3.63, 3.8) is 0 Å². The van der Waals surface area contributed by atoms with E-state index in [1.165, 1.54) is 0 Å². The van der Waals surface area contributed by atoms with Crippen LogP contribution in [0, 0.1) is 5.92 Å². The minimum absolute atomic E-state index is 0.133. The quantitative estimate of drug-likeness (QED) is 0.654. The lowest BCUT2D eigenvalue weighted by Crippen LogP contribution is -2.70. The van der Waals surface area contributed by atoms with E-state index >= 15 is 0 Å². The van der Waals surface area contributed by atoms with Crippen molar-refractivity contribution in [2.45, 2.75) is 18.7 Å². The predicted octanol–water partition coefficient (Wildman–Crippen LogP) is 3.33. The Balaban J connectivity index is 1.74. The smallest absolute Gasteiger partial charge is 0.236 e. The third kappa shape index (κ3) is 2.87. The second-order valence-electron chi connectivity index (χ2n) is 6.30. The van der Waals surface area contributed by atoms with Crippen molar-refractivity contribution >= 4 is 44.9 Å². The van der Waals surface area contributed by atoms with Crippen LogP contribution in [0.4, 0.5) is 5.69 Å². The second kappa shape index (κ2) is 6.00. The summed E-state index contributed by atoms with van der Waals surface area (Å²) < 4.78 is 7.09. The van der Waals surface area contributed by atoms with Crippen LogP contribution in [0.25, 0.3) is 0 Å². The minimum atomic E-state index is -0.924. The van der Waals surface area contributed by atoms with Crippen LogP contribution in [0.2, 0.25) is 0 Å². The molecule has 5 nitrogen and oxygen atoms in total. The van der Waals surface area contributed by atoms with Gasteiger partial charge >= 0.3 is 0 Å². The van der Waals surface area contributed by atoms with Gasteiger partial charge < -0.3 is 20.7 Å². The van der Waals surface area contributed by atoms with E-state index in [0.29, 0.717) is 5.11 Å². The molecule has 1 saturated heterocycles. The number of amides is 1. The fraction of sp³-hybridized carbons (Fsp3) is 0.222. The molecule has 0 radical (unpaired) electrons. The highest BCUT2D eigenvalue weighted by molar-refractivity contribution is 9.10. The Morgan fingerprint density at radius 1 is 1.28 bits per heavy atom. The summed E-state index contributed by atoms with van der Waals surface area (Å²) in [5, 5.41) is 9.80. The molecular weight excluding hydrogens is 402 g/mol. The van der Waals surface area contributed by atoms with Crippen LogP contribution >= 0.6 is 28.1 Å². The first kappa shape index (κ1) is 16.4. The molecule has 128 valence electrons. The fourth-order valence-corrected chi connectivity index (χ4v) is 4.16. The molecule has 3 atom stereocenters. The van der Waals surface area contributed by atoms with Crippen LogP contribution in [0.15, 0.2) is 53.0 Å². The molecule has 2 aliphatic heterocycles. The van der Waals surface area contributed by atoms with E-state index in [0.717, 1.165) is 21.5 Å². The number of fused-ring (bicyclic) bond motifs is 4. The van der Waals surface area contributed by atoms with Crippen molar-refractivity contribution in [1.82, 2.24) is 10.6 Å². The van der Waals surface area contributed by atoms with Crippen molar-refractivity contribution in [3.05, 3.63) is 58.6 Å². The Morgan fingerprint density at radius 3 is 2.80 bits per heavy atom. The topological polar surface area (TPSA) is 62.4 Å². The Labute approximate surface area is 159 Å². The summed E-state index contributed by atoms with van der Waals surface area (Å²) in [5.74, 6) is 0.106. The molecule has 1 fully saturated rings. The van der Waals surface area contributed by atoms with Crippen molar-refractivity contribution in [3.8, 4) is 5.75 Å². The van der Waals surface area contributed by atoms with Crippen LogP contribution in [-0.4, -0.2) is 16.7 Å². The number of benzene rings is 2. The number of hydrogen-bond donors (Lipinski definition) is 3. The summed E-state index contributed by atoms with van der Waals surface area (Å²) in [6, 6.07) is 14.9. The number of rotatable bonds is 2. The van der Waals surface area contributed by atoms with Crippen LogP contribution in [0.3, 0.4) is 0 Å². The highest BCUT2D eigenvalue weighted by Crippen LogP contribution is 2.45. The number of para-hydroxylation sites is 1. The van der Waals surface area contributed by atoms with E-state index in [1.54, 1.807) is 0 Å². The SMILES string of the molecule is CC12NC(=S)NC(c3cc(Br)ccc3O1)C2C(=O)Nc1ccccc1. The molecular formula is C18H16BrN3O2S. The number of carbonyl (C=O) groups is 1. The van der Waals surface area contributed by atoms with Crippen LogP contribution in [0.1, 0.15) is 18.5 Å². The van der Waals surface area contributed by atoms with Gasteiger partial charge in [-0.2, -0.15) is 0 Å². The molecule has 25 heavy (non-hydrogen) atoms. The monoisotopic (exact) mass is 417 g/mol. The van der Waals surface area contributed by atoms with Gasteiger partial charge in [-0.3, -0.25) is 4.79 Å². The lowest BCUT2D eigenvalue weighted by molar-refractivity contribution is -0.132. The summed E-state index contributed by atoms with van der Waals surface area (Å²) in [4.78, 5) is 13.1. The summed E-state index contributed by atoms with van der Waals surface area (Å²) in [6.45, 7) is 1.85. The standard InChI is InChI=1S/C18H16BrN3O2S/c1-18-14(16(23)20-11-5-3-2-4-6-11)15(21-17(25)22-18)12-9-10(19)7-8-13(12)24-18/h2-9,14-15H,1H3,(H,20,23)(H2,21,22,25). The van der Waals surface area contributed by atoms with Crippen LogP contribution < -0.4 is 20.7 Å². The molecule has 0 spiro atoms. The number of ether oxygens (including phenoxy) is 1. The Kier molecular flexibility index (Phi) is 3.92. The van der Waals surface area contributed by atoms with Gasteiger partial charge in [0.1, 0.15) is 11.7 Å². The zero-order chi connectivity index (χ0) is 17.6. The van der Waals surface area contributed by atoms with Gasteiger partial charge in [0.15, 0.2) is 10.8 Å². The third-order valence-electron chi connectivity index (χ3n) is 4.53. The van der Waals surface area contributed by atoms with E-state index in [-0.39, 0.29) is 11.9 Å². The zero-order valence-corrected chi connectivity index (χ0v) is 15.8. The van der Waals surface area contributed by atoms with E-state index in [1.807, 2.05) is 55.5 Å². The Bertz CT molecular complexity index is 861. The largest absolute Gasteiger partial charge is 0.467 e. The minimum Gasteiger partial charge on any atom is -0.467 e. The van der Waals surface area contributed by atoms with Gasteiger partial charge in [0.2, 0.25) is 5.91 Å². The van der Waals surface area contributed by atoms with Gasteiger partial charge in [-0.25, -0.2) is 0 Å². The molecule has 0 saturated carbocycles. The van der Waals surface area contributed by atoms with Gasteiger partial charge in [0.25, 0.3) is 0 Å². The molecule has 2 heterocycles. The third-order valence-corrected chi connectivity index (χ3v) is 5.24. The molecule has 0 aliphatic carbocycles. The maximum atomic E-state index is 13.1. The summed E-state index contributed by atoms with van der Waals surface area (Å²) in [5.41, 5.74) is 0.730.